The molecule has 1 heterocycles. The van der Waals surface area contributed by atoms with Crippen LogP contribution in [0.4, 0.5) is 0 Å². The second kappa shape index (κ2) is 9.71. The summed E-state index contributed by atoms with van der Waals surface area (Å²) in [6.45, 7) is 4.88. The first-order chi connectivity index (χ1) is 11.3. The molecule has 126 valence electrons. The number of carbonyl (C=O) groups is 1. The summed E-state index contributed by atoms with van der Waals surface area (Å²) in [4.78, 5) is 16.3. The highest BCUT2D eigenvalue weighted by atomic mass is 16.3. The van der Waals surface area contributed by atoms with Gasteiger partial charge in [-0.1, -0.05) is 25.3 Å². The van der Waals surface area contributed by atoms with Crippen molar-refractivity contribution in [3.05, 3.63) is 36.8 Å². The van der Waals surface area contributed by atoms with Crippen LogP contribution in [0.1, 0.15) is 37.9 Å². The molecule has 1 aliphatic rings. The van der Waals surface area contributed by atoms with Crippen molar-refractivity contribution in [3.63, 3.8) is 0 Å². The molecule has 1 aromatic heterocycles. The zero-order valence-corrected chi connectivity index (χ0v) is 13.5. The van der Waals surface area contributed by atoms with Crippen LogP contribution in [0.15, 0.2) is 40.5 Å². The summed E-state index contributed by atoms with van der Waals surface area (Å²) in [5.74, 6) is 1.35. The molecular weight excluding hydrogens is 292 g/mol. The van der Waals surface area contributed by atoms with Gasteiger partial charge in [0.1, 0.15) is 12.3 Å². The van der Waals surface area contributed by atoms with Crippen LogP contribution in [0.25, 0.3) is 0 Å². The molecule has 23 heavy (non-hydrogen) atoms. The van der Waals surface area contributed by atoms with E-state index in [9.17, 15) is 4.79 Å². The normalized spacial score (nSPS) is 15.9. The van der Waals surface area contributed by atoms with Crippen LogP contribution in [0.5, 0.6) is 0 Å². The van der Waals surface area contributed by atoms with Crippen molar-refractivity contribution in [2.24, 2.45) is 4.99 Å². The molecule has 2 rings (SSSR count). The van der Waals surface area contributed by atoms with Crippen molar-refractivity contribution in [3.8, 4) is 0 Å². The van der Waals surface area contributed by atoms with Gasteiger partial charge in [-0.15, -0.1) is 6.58 Å². The Morgan fingerprint density at radius 1 is 1.35 bits per heavy atom. The fourth-order valence-electron chi connectivity index (χ4n) is 2.60. The largest absolute Gasteiger partial charge is 0.467 e. The van der Waals surface area contributed by atoms with Gasteiger partial charge in [0.2, 0.25) is 5.91 Å². The highest BCUT2D eigenvalue weighted by Gasteiger charge is 2.15. The molecule has 1 aliphatic carbocycles. The maximum atomic E-state index is 12.0. The topological polar surface area (TPSA) is 78.7 Å². The third-order valence-corrected chi connectivity index (χ3v) is 3.78. The number of aliphatic imine (C=N–C) groups is 1. The van der Waals surface area contributed by atoms with E-state index in [1.165, 1.54) is 19.3 Å². The van der Waals surface area contributed by atoms with Crippen LogP contribution in [0.2, 0.25) is 0 Å². The Morgan fingerprint density at radius 3 is 2.87 bits per heavy atom. The second-order valence-electron chi connectivity index (χ2n) is 5.67. The van der Waals surface area contributed by atoms with Crippen LogP contribution in [0, 0.1) is 0 Å². The van der Waals surface area contributed by atoms with Gasteiger partial charge in [-0.2, -0.15) is 0 Å². The SMILES string of the molecule is C=CCNC(=NCC(=O)NC1CCCCC1)NCc1ccco1. The van der Waals surface area contributed by atoms with E-state index < -0.39 is 0 Å². The van der Waals surface area contributed by atoms with Crippen molar-refractivity contribution < 1.29 is 9.21 Å². The second-order valence-corrected chi connectivity index (χ2v) is 5.67. The smallest absolute Gasteiger partial charge is 0.242 e. The predicted molar refractivity (Wildman–Crippen MR) is 91.1 cm³/mol. The van der Waals surface area contributed by atoms with E-state index in [2.05, 4.69) is 27.5 Å². The summed E-state index contributed by atoms with van der Waals surface area (Å²) in [6, 6.07) is 4.03. The van der Waals surface area contributed by atoms with Gasteiger partial charge in [-0.3, -0.25) is 4.79 Å². The number of nitrogens with zero attached hydrogens (tertiary/aromatic N) is 1. The lowest BCUT2D eigenvalue weighted by Crippen LogP contribution is -2.40. The van der Waals surface area contributed by atoms with E-state index in [0.29, 0.717) is 25.1 Å². The molecule has 1 aromatic rings. The summed E-state index contributed by atoms with van der Waals surface area (Å²) in [7, 11) is 0. The number of nitrogens with one attached hydrogen (secondary N) is 3. The lowest BCUT2D eigenvalue weighted by Gasteiger charge is -2.22. The summed E-state index contributed by atoms with van der Waals surface area (Å²) in [5.41, 5.74) is 0. The number of hydrogen-bond acceptors (Lipinski definition) is 3. The van der Waals surface area contributed by atoms with E-state index in [4.69, 9.17) is 4.42 Å². The number of hydrogen-bond donors (Lipinski definition) is 3. The van der Waals surface area contributed by atoms with Crippen LogP contribution < -0.4 is 16.0 Å². The number of guanidine groups is 1. The van der Waals surface area contributed by atoms with Crippen molar-refractivity contribution in [2.45, 2.75) is 44.7 Å². The first-order valence-electron chi connectivity index (χ1n) is 8.23. The summed E-state index contributed by atoms with van der Waals surface area (Å²) < 4.78 is 5.27. The predicted octanol–water partition coefficient (Wildman–Crippen LogP) is 1.95. The Hall–Kier alpha value is -2.24. The molecule has 0 radical (unpaired) electrons. The molecule has 0 bridgehead atoms. The van der Waals surface area contributed by atoms with Crippen LogP contribution >= 0.6 is 0 Å². The summed E-state index contributed by atoms with van der Waals surface area (Å²) >= 11 is 0. The van der Waals surface area contributed by atoms with Crippen LogP contribution in [0.3, 0.4) is 0 Å². The number of furan rings is 1. The average molecular weight is 318 g/mol. The van der Waals surface area contributed by atoms with E-state index in [-0.39, 0.29) is 12.5 Å². The molecule has 1 amide bonds. The van der Waals surface area contributed by atoms with E-state index in [1.54, 1.807) is 12.3 Å². The minimum absolute atomic E-state index is 0.0328. The molecular formula is C17H26N4O2. The Labute approximate surface area is 137 Å². The molecule has 6 nitrogen and oxygen atoms in total. The lowest BCUT2D eigenvalue weighted by molar-refractivity contribution is -0.120. The minimum atomic E-state index is -0.0328. The fraction of sp³-hybridized carbons (Fsp3) is 0.529. The van der Waals surface area contributed by atoms with Crippen LogP contribution in [-0.2, 0) is 11.3 Å². The summed E-state index contributed by atoms with van der Waals surface area (Å²) in [6.07, 6.45) is 9.20. The lowest BCUT2D eigenvalue weighted by atomic mass is 9.95. The monoisotopic (exact) mass is 318 g/mol. The molecule has 0 aromatic carbocycles. The van der Waals surface area contributed by atoms with E-state index >= 15 is 0 Å². The highest BCUT2D eigenvalue weighted by Crippen LogP contribution is 2.17. The molecule has 1 fully saturated rings. The van der Waals surface area contributed by atoms with Gasteiger partial charge in [-0.05, 0) is 25.0 Å². The average Bonchev–Trinajstić information content (AvgIpc) is 3.08. The molecule has 6 heteroatoms. The van der Waals surface area contributed by atoms with E-state index in [1.807, 2.05) is 12.1 Å². The Kier molecular flexibility index (Phi) is 7.23. The molecule has 3 N–H and O–H groups in total. The number of carbonyl (C=O) groups excluding carboxylic acids is 1. The highest BCUT2D eigenvalue weighted by molar-refractivity contribution is 5.85. The minimum Gasteiger partial charge on any atom is -0.467 e. The van der Waals surface area contributed by atoms with Gasteiger partial charge >= 0.3 is 0 Å². The number of rotatable bonds is 7. The van der Waals surface area contributed by atoms with Gasteiger partial charge in [0.25, 0.3) is 0 Å². The maximum Gasteiger partial charge on any atom is 0.242 e. The van der Waals surface area contributed by atoms with Gasteiger partial charge in [0, 0.05) is 12.6 Å². The van der Waals surface area contributed by atoms with Crippen LogP contribution in [-0.4, -0.2) is 31.0 Å². The molecule has 1 saturated carbocycles. The fourth-order valence-corrected chi connectivity index (χ4v) is 2.60. The van der Waals surface area contributed by atoms with Gasteiger partial charge in [-0.25, -0.2) is 4.99 Å². The maximum absolute atomic E-state index is 12.0. The van der Waals surface area contributed by atoms with Gasteiger partial charge in [0.15, 0.2) is 5.96 Å². The van der Waals surface area contributed by atoms with Crippen molar-refractivity contribution in [1.82, 2.24) is 16.0 Å². The van der Waals surface area contributed by atoms with E-state index in [0.717, 1.165) is 18.6 Å². The zero-order chi connectivity index (χ0) is 16.3. The summed E-state index contributed by atoms with van der Waals surface area (Å²) in [5, 5.41) is 9.28. The Balaban J connectivity index is 1.79. The number of amides is 1. The quantitative estimate of drug-likeness (QED) is 0.408. The Bertz CT molecular complexity index is 505. The zero-order valence-electron chi connectivity index (χ0n) is 13.5. The molecule has 0 saturated heterocycles. The standard InChI is InChI=1S/C17H26N4O2/c1-2-10-18-17(19-12-15-9-6-11-23-15)20-13-16(22)21-14-7-4-3-5-8-14/h2,6,9,11,14H,1,3-5,7-8,10,12-13H2,(H,21,22)(H2,18,19,20). The molecule has 0 aliphatic heterocycles. The molecule has 0 spiro atoms. The molecule has 0 unspecified atom stereocenters. The van der Waals surface area contributed by atoms with Crippen molar-refractivity contribution >= 4 is 11.9 Å². The van der Waals surface area contributed by atoms with Gasteiger partial charge < -0.3 is 20.4 Å². The van der Waals surface area contributed by atoms with Gasteiger partial charge in [0.05, 0.1) is 12.8 Å². The van der Waals surface area contributed by atoms with Crippen molar-refractivity contribution in [2.75, 3.05) is 13.1 Å². The third kappa shape index (κ3) is 6.59. The molecule has 0 atom stereocenters. The first kappa shape index (κ1) is 17.1. The Morgan fingerprint density at radius 2 is 2.17 bits per heavy atom. The van der Waals surface area contributed by atoms with Crippen molar-refractivity contribution in [1.29, 1.82) is 0 Å². The third-order valence-electron chi connectivity index (χ3n) is 3.78. The first-order valence-corrected chi connectivity index (χ1v) is 8.23.